The van der Waals surface area contributed by atoms with E-state index in [2.05, 4.69) is 47.4 Å². The molecule has 1 aliphatic rings. The summed E-state index contributed by atoms with van der Waals surface area (Å²) in [5, 5.41) is 3.98. The molecule has 0 aliphatic carbocycles. The van der Waals surface area contributed by atoms with E-state index in [1.807, 2.05) is 4.90 Å². The number of halogens is 1. The number of fused-ring (bicyclic) bond motifs is 1. The predicted molar refractivity (Wildman–Crippen MR) is 114 cm³/mol. The normalized spacial score (nSPS) is 14.3. The van der Waals surface area contributed by atoms with Gasteiger partial charge in [0.05, 0.1) is 11.1 Å². The molecule has 0 N–H and O–H groups in total. The van der Waals surface area contributed by atoms with Crippen LogP contribution in [0, 0.1) is 13.8 Å². The van der Waals surface area contributed by atoms with Crippen molar-refractivity contribution in [3.63, 3.8) is 0 Å². The number of thioether (sulfide) groups is 1. The second kappa shape index (κ2) is 7.78. The number of nitrogens with zero attached hydrogens (tertiary/aromatic N) is 3. The average molecular weight is 418 g/mol. The Morgan fingerprint density at radius 1 is 1.22 bits per heavy atom. The Morgan fingerprint density at radius 3 is 2.74 bits per heavy atom. The van der Waals surface area contributed by atoms with Crippen LogP contribution in [0.4, 0.5) is 0 Å². The fourth-order valence-electron chi connectivity index (χ4n) is 3.25. The molecule has 3 heterocycles. The minimum absolute atomic E-state index is 0.152. The number of thiophene rings is 1. The van der Waals surface area contributed by atoms with E-state index in [1.165, 1.54) is 22.9 Å². The van der Waals surface area contributed by atoms with Crippen molar-refractivity contribution in [3.8, 4) is 11.1 Å². The van der Waals surface area contributed by atoms with Gasteiger partial charge in [-0.1, -0.05) is 41.6 Å². The monoisotopic (exact) mass is 417 g/mol. The fraction of sp³-hybridized carbons (Fsp3) is 0.350. The molecule has 140 valence electrons. The number of benzene rings is 1. The smallest absolute Gasteiger partial charge is 0.233 e. The zero-order valence-electron chi connectivity index (χ0n) is 15.3. The minimum atomic E-state index is 0.152. The van der Waals surface area contributed by atoms with E-state index < -0.39 is 0 Å². The van der Waals surface area contributed by atoms with Gasteiger partial charge in [-0.05, 0) is 43.4 Å². The third-order valence-corrected chi connectivity index (χ3v) is 6.95. The summed E-state index contributed by atoms with van der Waals surface area (Å²) in [7, 11) is 0. The lowest BCUT2D eigenvalue weighted by atomic mass is 10.0. The molecule has 0 spiro atoms. The first kappa shape index (κ1) is 18.7. The van der Waals surface area contributed by atoms with Crippen LogP contribution in [0.25, 0.3) is 21.3 Å². The van der Waals surface area contributed by atoms with E-state index in [4.69, 9.17) is 11.6 Å². The number of aromatic nitrogens is 2. The van der Waals surface area contributed by atoms with Gasteiger partial charge in [0.15, 0.2) is 5.16 Å². The Labute approximate surface area is 172 Å². The van der Waals surface area contributed by atoms with Crippen molar-refractivity contribution in [2.24, 2.45) is 0 Å². The molecule has 0 atom stereocenters. The van der Waals surface area contributed by atoms with E-state index in [0.29, 0.717) is 16.1 Å². The molecular formula is C20H20ClN3OS2. The van der Waals surface area contributed by atoms with Crippen molar-refractivity contribution in [2.75, 3.05) is 18.8 Å². The highest BCUT2D eigenvalue weighted by atomic mass is 35.5. The predicted octanol–water partition coefficient (Wildman–Crippen LogP) is 5.34. The van der Waals surface area contributed by atoms with Crippen LogP contribution in [0.1, 0.15) is 24.0 Å². The summed E-state index contributed by atoms with van der Waals surface area (Å²) in [5.74, 6) is 0.511. The number of hydrogen-bond acceptors (Lipinski definition) is 5. The average Bonchev–Trinajstić information content (AvgIpc) is 3.32. The number of rotatable bonds is 4. The number of amides is 1. The number of hydrogen-bond donors (Lipinski definition) is 0. The van der Waals surface area contributed by atoms with Gasteiger partial charge in [0, 0.05) is 24.0 Å². The van der Waals surface area contributed by atoms with Crippen molar-refractivity contribution in [3.05, 3.63) is 39.9 Å². The van der Waals surface area contributed by atoms with Crippen LogP contribution in [0.15, 0.2) is 28.7 Å². The van der Waals surface area contributed by atoms with E-state index in [9.17, 15) is 4.79 Å². The molecule has 1 aliphatic heterocycles. The minimum Gasteiger partial charge on any atom is -0.342 e. The Balaban J connectivity index is 1.59. The van der Waals surface area contributed by atoms with Gasteiger partial charge in [0.1, 0.15) is 9.98 Å². The number of aryl methyl sites for hydroxylation is 2. The van der Waals surface area contributed by atoms with Crippen molar-refractivity contribution >= 4 is 50.8 Å². The van der Waals surface area contributed by atoms with Crippen molar-refractivity contribution in [1.82, 2.24) is 14.9 Å². The van der Waals surface area contributed by atoms with Crippen LogP contribution in [-0.4, -0.2) is 39.6 Å². The van der Waals surface area contributed by atoms with Crippen LogP contribution in [-0.2, 0) is 4.79 Å². The summed E-state index contributed by atoms with van der Waals surface area (Å²) in [6.45, 7) is 5.94. The molecular weight excluding hydrogens is 398 g/mol. The molecule has 27 heavy (non-hydrogen) atoms. The van der Waals surface area contributed by atoms with Gasteiger partial charge in [-0.3, -0.25) is 4.79 Å². The zero-order chi connectivity index (χ0) is 19.0. The highest BCUT2D eigenvalue weighted by Crippen LogP contribution is 2.38. The summed E-state index contributed by atoms with van der Waals surface area (Å²) in [5.41, 5.74) is 4.70. The Bertz CT molecular complexity index is 1010. The SMILES string of the molecule is Cc1ccc(-c2csc3nc(SCC(=O)N4CCCC4)nc(Cl)c23)cc1C. The van der Waals surface area contributed by atoms with E-state index >= 15 is 0 Å². The highest BCUT2D eigenvalue weighted by Gasteiger charge is 2.19. The Hall–Kier alpha value is -1.63. The quantitative estimate of drug-likeness (QED) is 0.326. The summed E-state index contributed by atoms with van der Waals surface area (Å²) >= 11 is 9.44. The molecule has 4 rings (SSSR count). The van der Waals surface area contributed by atoms with Gasteiger partial charge in [0.2, 0.25) is 5.91 Å². The van der Waals surface area contributed by atoms with Gasteiger partial charge in [-0.2, -0.15) is 0 Å². The molecule has 0 radical (unpaired) electrons. The highest BCUT2D eigenvalue weighted by molar-refractivity contribution is 7.99. The van der Waals surface area contributed by atoms with Crippen molar-refractivity contribution < 1.29 is 4.79 Å². The maximum Gasteiger partial charge on any atom is 0.233 e. The maximum atomic E-state index is 12.2. The molecule has 0 saturated carbocycles. The summed E-state index contributed by atoms with van der Waals surface area (Å²) < 4.78 is 0. The molecule has 7 heteroatoms. The third kappa shape index (κ3) is 3.84. The first-order valence-electron chi connectivity index (χ1n) is 8.96. The number of carbonyl (C=O) groups is 1. The molecule has 1 aromatic carbocycles. The Kier molecular flexibility index (Phi) is 5.39. The van der Waals surface area contributed by atoms with E-state index in [-0.39, 0.29) is 5.91 Å². The van der Waals surface area contributed by atoms with Crippen LogP contribution < -0.4 is 0 Å². The molecule has 2 aromatic heterocycles. The van der Waals surface area contributed by atoms with Gasteiger partial charge in [-0.15, -0.1) is 11.3 Å². The van der Waals surface area contributed by atoms with Crippen molar-refractivity contribution in [1.29, 1.82) is 0 Å². The second-order valence-corrected chi connectivity index (χ2v) is 8.96. The molecule has 0 bridgehead atoms. The third-order valence-electron chi connectivity index (χ3n) is 4.97. The molecule has 1 fully saturated rings. The molecule has 1 saturated heterocycles. The lowest BCUT2D eigenvalue weighted by Gasteiger charge is -2.14. The van der Waals surface area contributed by atoms with Crippen LogP contribution >= 0.6 is 34.7 Å². The summed E-state index contributed by atoms with van der Waals surface area (Å²) in [6, 6.07) is 6.40. The standard InChI is InChI=1S/C20H20ClN3OS2/c1-12-5-6-14(9-13(12)2)15-10-26-19-17(15)18(21)22-20(23-19)27-11-16(25)24-7-3-4-8-24/h5-6,9-10H,3-4,7-8,11H2,1-2H3. The first-order valence-corrected chi connectivity index (χ1v) is 11.2. The van der Waals surface area contributed by atoms with Crippen molar-refractivity contribution in [2.45, 2.75) is 31.8 Å². The maximum absolute atomic E-state index is 12.2. The van der Waals surface area contributed by atoms with Gasteiger partial charge < -0.3 is 4.90 Å². The first-order chi connectivity index (χ1) is 13.0. The van der Waals surface area contributed by atoms with Crippen LogP contribution in [0.3, 0.4) is 0 Å². The molecule has 1 amide bonds. The molecule has 3 aromatic rings. The number of carbonyl (C=O) groups excluding carboxylic acids is 1. The summed E-state index contributed by atoms with van der Waals surface area (Å²) in [6.07, 6.45) is 2.20. The van der Waals surface area contributed by atoms with E-state index in [0.717, 1.165) is 47.3 Å². The van der Waals surface area contributed by atoms with Gasteiger partial charge in [0.25, 0.3) is 0 Å². The van der Waals surface area contributed by atoms with Gasteiger partial charge >= 0.3 is 0 Å². The second-order valence-electron chi connectivity index (χ2n) is 6.80. The van der Waals surface area contributed by atoms with E-state index in [1.54, 1.807) is 11.3 Å². The molecule has 0 unspecified atom stereocenters. The number of likely N-dealkylation sites (tertiary alicyclic amines) is 1. The topological polar surface area (TPSA) is 46.1 Å². The summed E-state index contributed by atoms with van der Waals surface area (Å²) in [4.78, 5) is 24.1. The van der Waals surface area contributed by atoms with Crippen LogP contribution in [0.5, 0.6) is 0 Å². The largest absolute Gasteiger partial charge is 0.342 e. The van der Waals surface area contributed by atoms with Gasteiger partial charge in [-0.25, -0.2) is 9.97 Å². The lowest BCUT2D eigenvalue weighted by Crippen LogP contribution is -2.29. The fourth-order valence-corrected chi connectivity index (χ4v) is 5.38. The Morgan fingerprint density at radius 2 is 2.00 bits per heavy atom. The molecule has 4 nitrogen and oxygen atoms in total. The zero-order valence-corrected chi connectivity index (χ0v) is 17.7. The van der Waals surface area contributed by atoms with Crippen LogP contribution in [0.2, 0.25) is 5.15 Å². The lowest BCUT2D eigenvalue weighted by molar-refractivity contribution is -0.127.